The fraction of sp³-hybridized carbons (Fsp3) is 0.250. The molecule has 0 radical (unpaired) electrons. The first kappa shape index (κ1) is 9.29. The number of aromatic nitrogens is 2. The van der Waals surface area contributed by atoms with Crippen LogP contribution in [0, 0.1) is 12.3 Å². The number of nitrogens with zero attached hydrogens (tertiary/aromatic N) is 1. The number of amides is 1. The van der Waals surface area contributed by atoms with Crippen LogP contribution in [0.3, 0.4) is 0 Å². The molecule has 1 unspecified atom stereocenters. The minimum atomic E-state index is -0.667. The largest absolute Gasteiger partial charge is 0.322 e. The molecule has 1 heterocycles. The molecule has 0 fully saturated rings. The predicted molar refractivity (Wildman–Crippen MR) is 48.6 cm³/mol. The maximum atomic E-state index is 11.2. The number of H-pyrrole nitrogens is 1. The minimum absolute atomic E-state index is 0.226. The molecule has 0 bridgehead atoms. The van der Waals surface area contributed by atoms with Crippen molar-refractivity contribution in [1.29, 1.82) is 0 Å². The summed E-state index contributed by atoms with van der Waals surface area (Å²) < 4.78 is 0. The summed E-state index contributed by atoms with van der Waals surface area (Å²) >= 11 is 0. The molecule has 0 saturated carbocycles. The molecular formula is C8H10N4O. The lowest BCUT2D eigenvalue weighted by molar-refractivity contribution is -0.117. The maximum Gasteiger partial charge on any atom is 0.242 e. The van der Waals surface area contributed by atoms with Crippen LogP contribution >= 0.6 is 0 Å². The SMILES string of the molecule is C#CCC(N)C(=O)Nc1cn[nH]c1. The molecule has 1 aromatic rings. The van der Waals surface area contributed by atoms with Gasteiger partial charge < -0.3 is 11.1 Å². The van der Waals surface area contributed by atoms with Gasteiger partial charge in [0.15, 0.2) is 0 Å². The average molecular weight is 178 g/mol. The molecule has 5 heteroatoms. The Labute approximate surface area is 75.7 Å². The second kappa shape index (κ2) is 4.28. The minimum Gasteiger partial charge on any atom is -0.322 e. The lowest BCUT2D eigenvalue weighted by Gasteiger charge is -2.06. The van der Waals surface area contributed by atoms with Crippen molar-refractivity contribution in [2.24, 2.45) is 5.73 Å². The zero-order valence-electron chi connectivity index (χ0n) is 6.95. The highest BCUT2D eigenvalue weighted by atomic mass is 16.2. The van der Waals surface area contributed by atoms with Crippen molar-refractivity contribution >= 4 is 11.6 Å². The number of hydrogen-bond donors (Lipinski definition) is 3. The number of hydrogen-bond acceptors (Lipinski definition) is 3. The monoisotopic (exact) mass is 178 g/mol. The van der Waals surface area contributed by atoms with Crippen molar-refractivity contribution < 1.29 is 4.79 Å². The zero-order valence-corrected chi connectivity index (χ0v) is 6.95. The summed E-state index contributed by atoms with van der Waals surface area (Å²) in [6.45, 7) is 0. The van der Waals surface area contributed by atoms with Crippen LogP contribution in [0.25, 0.3) is 0 Å². The molecule has 0 aliphatic rings. The van der Waals surface area contributed by atoms with Crippen LogP contribution in [-0.4, -0.2) is 22.1 Å². The summed E-state index contributed by atoms with van der Waals surface area (Å²) in [4.78, 5) is 11.2. The number of carbonyl (C=O) groups is 1. The van der Waals surface area contributed by atoms with E-state index < -0.39 is 6.04 Å². The normalized spacial score (nSPS) is 11.7. The van der Waals surface area contributed by atoms with Crippen LogP contribution < -0.4 is 11.1 Å². The van der Waals surface area contributed by atoms with Gasteiger partial charge in [0.05, 0.1) is 17.9 Å². The van der Waals surface area contributed by atoms with Crippen LogP contribution in [0.5, 0.6) is 0 Å². The Hall–Kier alpha value is -1.80. The molecule has 1 aromatic heterocycles. The number of rotatable bonds is 3. The summed E-state index contributed by atoms with van der Waals surface area (Å²) in [5.74, 6) is 2.01. The van der Waals surface area contributed by atoms with Gasteiger partial charge in [-0.25, -0.2) is 0 Å². The molecule has 0 saturated heterocycles. The van der Waals surface area contributed by atoms with Crippen LogP contribution in [0.4, 0.5) is 5.69 Å². The first-order valence-corrected chi connectivity index (χ1v) is 3.72. The van der Waals surface area contributed by atoms with Crippen molar-refractivity contribution in [2.75, 3.05) is 5.32 Å². The lowest BCUT2D eigenvalue weighted by Crippen LogP contribution is -2.35. The van der Waals surface area contributed by atoms with E-state index in [9.17, 15) is 4.79 Å². The number of carbonyl (C=O) groups excluding carboxylic acids is 1. The van der Waals surface area contributed by atoms with Crippen molar-refractivity contribution in [3.63, 3.8) is 0 Å². The van der Waals surface area contributed by atoms with Gasteiger partial charge in [0.25, 0.3) is 0 Å². The molecule has 1 rings (SSSR count). The summed E-state index contributed by atoms with van der Waals surface area (Å²) in [7, 11) is 0. The second-order valence-electron chi connectivity index (χ2n) is 2.49. The summed E-state index contributed by atoms with van der Waals surface area (Å²) in [5.41, 5.74) is 6.04. The Morgan fingerprint density at radius 3 is 3.23 bits per heavy atom. The summed E-state index contributed by atoms with van der Waals surface area (Å²) in [6, 6.07) is -0.667. The molecule has 5 nitrogen and oxygen atoms in total. The van der Waals surface area contributed by atoms with Gasteiger partial charge in [-0.1, -0.05) is 0 Å². The van der Waals surface area contributed by atoms with Crippen molar-refractivity contribution in [3.8, 4) is 12.3 Å². The van der Waals surface area contributed by atoms with Crippen LogP contribution in [0.2, 0.25) is 0 Å². The predicted octanol–water partition coefficient (Wildman–Crippen LogP) is -0.301. The van der Waals surface area contributed by atoms with Gasteiger partial charge in [-0.3, -0.25) is 9.89 Å². The standard InChI is InChI=1S/C8H10N4O/c1-2-3-7(9)8(13)12-6-4-10-11-5-6/h1,4-5,7H,3,9H2,(H,10,11)(H,12,13). The third kappa shape index (κ3) is 2.61. The average Bonchev–Trinajstić information content (AvgIpc) is 2.57. The Balaban J connectivity index is 2.47. The van der Waals surface area contributed by atoms with Crippen molar-refractivity contribution in [1.82, 2.24) is 10.2 Å². The van der Waals surface area contributed by atoms with Crippen LogP contribution in [0.1, 0.15) is 6.42 Å². The van der Waals surface area contributed by atoms with Gasteiger partial charge in [-0.2, -0.15) is 5.10 Å². The second-order valence-corrected chi connectivity index (χ2v) is 2.49. The number of nitrogens with two attached hydrogens (primary N) is 1. The van der Waals surface area contributed by atoms with Crippen LogP contribution in [0.15, 0.2) is 12.4 Å². The van der Waals surface area contributed by atoms with E-state index in [2.05, 4.69) is 21.4 Å². The van der Waals surface area contributed by atoms with E-state index in [1.165, 1.54) is 6.20 Å². The molecule has 0 aliphatic carbocycles. The molecule has 0 aliphatic heterocycles. The van der Waals surface area contributed by atoms with E-state index in [-0.39, 0.29) is 12.3 Å². The number of anilines is 1. The van der Waals surface area contributed by atoms with Gasteiger partial charge in [0.2, 0.25) is 5.91 Å². The van der Waals surface area contributed by atoms with E-state index >= 15 is 0 Å². The highest BCUT2D eigenvalue weighted by Gasteiger charge is 2.11. The quantitative estimate of drug-likeness (QED) is 0.555. The lowest BCUT2D eigenvalue weighted by atomic mass is 10.2. The molecule has 4 N–H and O–H groups in total. The molecule has 68 valence electrons. The van der Waals surface area contributed by atoms with E-state index in [1.54, 1.807) is 6.20 Å². The van der Waals surface area contributed by atoms with Gasteiger partial charge in [0, 0.05) is 12.6 Å². The van der Waals surface area contributed by atoms with Crippen molar-refractivity contribution in [3.05, 3.63) is 12.4 Å². The third-order valence-corrected chi connectivity index (χ3v) is 1.44. The van der Waals surface area contributed by atoms with Gasteiger partial charge in [0.1, 0.15) is 0 Å². The van der Waals surface area contributed by atoms with Gasteiger partial charge >= 0.3 is 0 Å². The van der Waals surface area contributed by atoms with E-state index in [1.807, 2.05) is 0 Å². The number of terminal acetylenes is 1. The Bertz CT molecular complexity index is 311. The first-order valence-electron chi connectivity index (χ1n) is 3.72. The van der Waals surface area contributed by atoms with Crippen LogP contribution in [-0.2, 0) is 4.79 Å². The molecule has 1 amide bonds. The van der Waals surface area contributed by atoms with Crippen molar-refractivity contribution in [2.45, 2.75) is 12.5 Å². The first-order chi connectivity index (χ1) is 6.24. The molecular weight excluding hydrogens is 168 g/mol. The highest BCUT2D eigenvalue weighted by molar-refractivity contribution is 5.94. The molecule has 1 atom stereocenters. The fourth-order valence-corrected chi connectivity index (χ4v) is 0.774. The Kier molecular flexibility index (Phi) is 3.06. The fourth-order valence-electron chi connectivity index (χ4n) is 0.774. The van der Waals surface area contributed by atoms with Gasteiger partial charge in [-0.05, 0) is 0 Å². The third-order valence-electron chi connectivity index (χ3n) is 1.44. The molecule has 13 heavy (non-hydrogen) atoms. The topological polar surface area (TPSA) is 83.8 Å². The Morgan fingerprint density at radius 1 is 1.92 bits per heavy atom. The smallest absolute Gasteiger partial charge is 0.242 e. The summed E-state index contributed by atoms with van der Waals surface area (Å²) in [6.07, 6.45) is 8.28. The highest BCUT2D eigenvalue weighted by Crippen LogP contribution is 2.01. The number of aromatic amines is 1. The Morgan fingerprint density at radius 2 is 2.69 bits per heavy atom. The molecule has 0 spiro atoms. The zero-order chi connectivity index (χ0) is 9.68. The molecule has 0 aromatic carbocycles. The van der Waals surface area contributed by atoms with E-state index in [0.717, 1.165) is 0 Å². The van der Waals surface area contributed by atoms with Gasteiger partial charge in [-0.15, -0.1) is 12.3 Å². The van der Waals surface area contributed by atoms with E-state index in [4.69, 9.17) is 12.2 Å². The van der Waals surface area contributed by atoms with E-state index in [0.29, 0.717) is 5.69 Å². The maximum absolute atomic E-state index is 11.2. The number of nitrogens with one attached hydrogen (secondary N) is 2. The summed E-state index contributed by atoms with van der Waals surface area (Å²) in [5, 5.41) is 8.77.